The van der Waals surface area contributed by atoms with Crippen molar-refractivity contribution in [2.24, 2.45) is 5.92 Å². The van der Waals surface area contributed by atoms with E-state index in [1.165, 1.54) is 6.07 Å². The van der Waals surface area contributed by atoms with Crippen LogP contribution in [-0.4, -0.2) is 29.1 Å². The first-order valence-electron chi connectivity index (χ1n) is 9.03. The zero-order valence-electron chi connectivity index (χ0n) is 16.2. The van der Waals surface area contributed by atoms with Crippen molar-refractivity contribution in [2.75, 3.05) is 10.6 Å². The molecule has 0 saturated carbocycles. The molecule has 1 atom stereocenters. The quantitative estimate of drug-likeness (QED) is 0.582. The Morgan fingerprint density at radius 2 is 1.68 bits per heavy atom. The first kappa shape index (κ1) is 21.0. The Balaban J connectivity index is 2.10. The minimum absolute atomic E-state index is 0.123. The highest BCUT2D eigenvalue weighted by Gasteiger charge is 2.22. The fourth-order valence-electron chi connectivity index (χ4n) is 2.64. The molecule has 0 radical (unpaired) electrons. The summed E-state index contributed by atoms with van der Waals surface area (Å²) in [7, 11) is 0. The second-order valence-electron chi connectivity index (χ2n) is 6.97. The number of aryl methyl sites for hydroxylation is 1. The molecule has 2 aromatic carbocycles. The van der Waals surface area contributed by atoms with Gasteiger partial charge in [-0.25, -0.2) is 9.59 Å². The fourth-order valence-corrected chi connectivity index (χ4v) is 2.64. The number of anilines is 2. The minimum atomic E-state index is -1.07. The average molecular weight is 383 g/mol. The summed E-state index contributed by atoms with van der Waals surface area (Å²) >= 11 is 0. The molecule has 7 heteroatoms. The zero-order valence-corrected chi connectivity index (χ0v) is 16.2. The number of carbonyl (C=O) groups is 3. The highest BCUT2D eigenvalue weighted by Crippen LogP contribution is 2.18. The number of hydrogen-bond acceptors (Lipinski definition) is 3. The standard InChI is InChI=1S/C21H25N3O4/c1-13(2)11-18(20(26)27)23-19(25)15-10-9-14(3)17(12-15)24-21(28)22-16-7-5-4-6-8-16/h4-10,12-13,18H,11H2,1-3H3,(H,23,25)(H,26,27)(H2,22,24,28)/t18-/m1/s1. The van der Waals surface area contributed by atoms with E-state index in [-0.39, 0.29) is 11.5 Å². The summed E-state index contributed by atoms with van der Waals surface area (Å²) in [6.45, 7) is 5.58. The third kappa shape index (κ3) is 6.12. The SMILES string of the molecule is Cc1ccc(C(=O)N[C@H](CC(C)C)C(=O)O)cc1NC(=O)Nc1ccccc1. The van der Waals surface area contributed by atoms with Gasteiger partial charge >= 0.3 is 12.0 Å². The maximum atomic E-state index is 12.5. The van der Waals surface area contributed by atoms with Gasteiger partial charge in [0.05, 0.1) is 0 Å². The van der Waals surface area contributed by atoms with Crippen molar-refractivity contribution in [1.82, 2.24) is 5.32 Å². The summed E-state index contributed by atoms with van der Waals surface area (Å²) in [6, 6.07) is 12.4. The van der Waals surface area contributed by atoms with Gasteiger partial charge in [-0.15, -0.1) is 0 Å². The van der Waals surface area contributed by atoms with Gasteiger partial charge in [0.2, 0.25) is 0 Å². The number of urea groups is 1. The van der Waals surface area contributed by atoms with Crippen LogP contribution in [0.3, 0.4) is 0 Å². The Morgan fingerprint density at radius 1 is 1.00 bits per heavy atom. The first-order valence-corrected chi connectivity index (χ1v) is 9.03. The van der Waals surface area contributed by atoms with Gasteiger partial charge in [0.15, 0.2) is 0 Å². The third-order valence-electron chi connectivity index (χ3n) is 4.09. The summed E-state index contributed by atoms with van der Waals surface area (Å²) in [4.78, 5) is 36.0. The molecule has 2 rings (SSSR count). The van der Waals surface area contributed by atoms with E-state index in [9.17, 15) is 19.5 Å². The number of aliphatic carboxylic acids is 1. The van der Waals surface area contributed by atoms with E-state index in [1.807, 2.05) is 32.0 Å². The lowest BCUT2D eigenvalue weighted by molar-refractivity contribution is -0.139. The molecule has 28 heavy (non-hydrogen) atoms. The molecular formula is C21H25N3O4. The summed E-state index contributed by atoms with van der Waals surface area (Å²) < 4.78 is 0. The number of amides is 3. The lowest BCUT2D eigenvalue weighted by atomic mass is 10.0. The van der Waals surface area contributed by atoms with Gasteiger partial charge in [-0.05, 0) is 49.1 Å². The van der Waals surface area contributed by atoms with Gasteiger partial charge in [-0.1, -0.05) is 38.1 Å². The van der Waals surface area contributed by atoms with Crippen LogP contribution < -0.4 is 16.0 Å². The Hall–Kier alpha value is -3.35. The highest BCUT2D eigenvalue weighted by molar-refractivity contribution is 6.02. The third-order valence-corrected chi connectivity index (χ3v) is 4.09. The van der Waals surface area contributed by atoms with Gasteiger partial charge in [0.25, 0.3) is 5.91 Å². The molecule has 3 amide bonds. The van der Waals surface area contributed by atoms with E-state index in [2.05, 4.69) is 16.0 Å². The number of benzene rings is 2. The Morgan fingerprint density at radius 3 is 2.29 bits per heavy atom. The van der Waals surface area contributed by atoms with Crippen molar-refractivity contribution in [2.45, 2.75) is 33.2 Å². The van der Waals surface area contributed by atoms with E-state index in [0.717, 1.165) is 5.56 Å². The van der Waals surface area contributed by atoms with Crippen LogP contribution >= 0.6 is 0 Å². The van der Waals surface area contributed by atoms with Crippen LogP contribution in [0.15, 0.2) is 48.5 Å². The Labute approximate surface area is 164 Å². The molecule has 0 aromatic heterocycles. The summed E-state index contributed by atoms with van der Waals surface area (Å²) in [6.07, 6.45) is 0.331. The molecule has 0 heterocycles. The molecule has 148 valence electrons. The molecule has 0 unspecified atom stereocenters. The maximum Gasteiger partial charge on any atom is 0.326 e. The highest BCUT2D eigenvalue weighted by atomic mass is 16.4. The number of carbonyl (C=O) groups excluding carboxylic acids is 2. The number of nitrogens with one attached hydrogen (secondary N) is 3. The predicted molar refractivity (Wildman–Crippen MR) is 109 cm³/mol. The number of carboxylic acids is 1. The normalized spacial score (nSPS) is 11.6. The molecular weight excluding hydrogens is 358 g/mol. The van der Waals surface area contributed by atoms with E-state index in [0.29, 0.717) is 17.8 Å². The molecule has 0 fully saturated rings. The number of hydrogen-bond donors (Lipinski definition) is 4. The Bertz CT molecular complexity index is 850. The molecule has 0 aliphatic rings. The number of para-hydroxylation sites is 1. The zero-order chi connectivity index (χ0) is 20.7. The molecule has 0 aliphatic carbocycles. The van der Waals surface area contributed by atoms with E-state index >= 15 is 0 Å². The van der Waals surface area contributed by atoms with Gasteiger partial charge in [0, 0.05) is 16.9 Å². The van der Waals surface area contributed by atoms with Gasteiger partial charge in [-0.3, -0.25) is 4.79 Å². The van der Waals surface area contributed by atoms with Crippen molar-refractivity contribution in [3.05, 3.63) is 59.7 Å². The van der Waals surface area contributed by atoms with Crippen molar-refractivity contribution in [3.8, 4) is 0 Å². The number of rotatable bonds is 7. The monoisotopic (exact) mass is 383 g/mol. The second kappa shape index (κ2) is 9.55. The van der Waals surface area contributed by atoms with Crippen LogP contribution in [0.5, 0.6) is 0 Å². The van der Waals surface area contributed by atoms with Crippen LogP contribution in [0.4, 0.5) is 16.2 Å². The van der Waals surface area contributed by atoms with Gasteiger partial charge in [0.1, 0.15) is 6.04 Å². The molecule has 0 bridgehead atoms. The van der Waals surface area contributed by atoms with Crippen LogP contribution in [-0.2, 0) is 4.79 Å². The molecule has 0 aliphatic heterocycles. The van der Waals surface area contributed by atoms with E-state index in [4.69, 9.17) is 0 Å². The fraction of sp³-hybridized carbons (Fsp3) is 0.286. The molecule has 2 aromatic rings. The summed E-state index contributed by atoms with van der Waals surface area (Å²) in [5, 5.41) is 17.3. The van der Waals surface area contributed by atoms with Gasteiger partial charge in [-0.2, -0.15) is 0 Å². The van der Waals surface area contributed by atoms with Crippen LogP contribution in [0, 0.1) is 12.8 Å². The minimum Gasteiger partial charge on any atom is -0.480 e. The van der Waals surface area contributed by atoms with E-state index < -0.39 is 23.9 Å². The molecule has 0 spiro atoms. The van der Waals surface area contributed by atoms with Crippen LogP contribution in [0.1, 0.15) is 36.2 Å². The maximum absolute atomic E-state index is 12.5. The molecule has 7 nitrogen and oxygen atoms in total. The second-order valence-corrected chi connectivity index (χ2v) is 6.97. The van der Waals surface area contributed by atoms with Crippen LogP contribution in [0.2, 0.25) is 0 Å². The lowest BCUT2D eigenvalue weighted by Crippen LogP contribution is -2.41. The van der Waals surface area contributed by atoms with Gasteiger partial charge < -0.3 is 21.1 Å². The van der Waals surface area contributed by atoms with Crippen molar-refractivity contribution < 1.29 is 19.5 Å². The van der Waals surface area contributed by atoms with Crippen molar-refractivity contribution in [1.29, 1.82) is 0 Å². The van der Waals surface area contributed by atoms with Crippen LogP contribution in [0.25, 0.3) is 0 Å². The largest absolute Gasteiger partial charge is 0.480 e. The predicted octanol–water partition coefficient (Wildman–Crippen LogP) is 3.87. The molecule has 0 saturated heterocycles. The topological polar surface area (TPSA) is 108 Å². The van der Waals surface area contributed by atoms with Crippen molar-refractivity contribution in [3.63, 3.8) is 0 Å². The number of carboxylic acid groups (broad SMARTS) is 1. The average Bonchev–Trinajstić information content (AvgIpc) is 2.63. The summed E-state index contributed by atoms with van der Waals surface area (Å²) in [5.41, 5.74) is 2.16. The molecule has 4 N–H and O–H groups in total. The Kier molecular flexibility index (Phi) is 7.14. The lowest BCUT2D eigenvalue weighted by Gasteiger charge is -2.17. The van der Waals surface area contributed by atoms with Crippen molar-refractivity contribution >= 4 is 29.3 Å². The first-order chi connectivity index (χ1) is 13.3. The summed E-state index contributed by atoms with van der Waals surface area (Å²) in [5.74, 6) is -1.45. The smallest absolute Gasteiger partial charge is 0.326 e. The van der Waals surface area contributed by atoms with E-state index in [1.54, 1.807) is 31.2 Å².